The molecule has 3 heterocycles. The number of ether oxygens (including phenoxy) is 1. The Kier molecular flexibility index (Phi) is 5.83. The molecule has 8 nitrogen and oxygen atoms in total. The number of carboxylic acid groups (broad SMARTS) is 1. The van der Waals surface area contributed by atoms with Gasteiger partial charge in [0.2, 0.25) is 5.95 Å². The summed E-state index contributed by atoms with van der Waals surface area (Å²) < 4.78 is 5.66. The number of carboxylic acids is 1. The van der Waals surface area contributed by atoms with Crippen molar-refractivity contribution in [2.75, 3.05) is 37.5 Å². The lowest BCUT2D eigenvalue weighted by Gasteiger charge is -2.26. The molecule has 1 atom stereocenters. The van der Waals surface area contributed by atoms with E-state index in [1.54, 1.807) is 13.3 Å². The SMILES string of the molecule is COc1cc2c(cc1Nc1ncc(C)c(N3CC(CC(=O)O)c4ccccc43)n1)CN(C)CC2. The van der Waals surface area contributed by atoms with Crippen LogP contribution in [-0.2, 0) is 17.8 Å². The molecule has 0 saturated carbocycles. The molecule has 2 aliphatic heterocycles. The number of aliphatic carboxylic acids is 1. The van der Waals surface area contributed by atoms with Gasteiger partial charge in [-0.1, -0.05) is 18.2 Å². The number of methoxy groups -OCH3 is 1. The largest absolute Gasteiger partial charge is 0.495 e. The maximum atomic E-state index is 11.4. The van der Waals surface area contributed by atoms with Gasteiger partial charge in [-0.2, -0.15) is 4.98 Å². The zero-order valence-electron chi connectivity index (χ0n) is 19.7. The quantitative estimate of drug-likeness (QED) is 0.566. The molecule has 1 unspecified atom stereocenters. The number of carbonyl (C=O) groups is 1. The Hall–Kier alpha value is -3.65. The maximum Gasteiger partial charge on any atom is 0.304 e. The van der Waals surface area contributed by atoms with Crippen LogP contribution in [0.3, 0.4) is 0 Å². The van der Waals surface area contributed by atoms with Crippen molar-refractivity contribution in [3.8, 4) is 5.75 Å². The molecule has 5 rings (SSSR count). The van der Waals surface area contributed by atoms with Gasteiger partial charge in [0.25, 0.3) is 0 Å². The number of aryl methyl sites for hydroxylation is 1. The Bertz CT molecular complexity index is 1250. The minimum absolute atomic E-state index is 0.0859. The average Bonchev–Trinajstić information content (AvgIpc) is 3.17. The molecular formula is C26H29N5O3. The van der Waals surface area contributed by atoms with Gasteiger partial charge in [-0.25, -0.2) is 4.98 Å². The highest BCUT2D eigenvalue weighted by Gasteiger charge is 2.32. The first-order valence-electron chi connectivity index (χ1n) is 11.5. The summed E-state index contributed by atoms with van der Waals surface area (Å²) >= 11 is 0. The molecular weight excluding hydrogens is 430 g/mol. The molecule has 176 valence electrons. The molecule has 0 fully saturated rings. The molecule has 2 aliphatic rings. The van der Waals surface area contributed by atoms with Crippen LogP contribution in [0.15, 0.2) is 42.6 Å². The van der Waals surface area contributed by atoms with E-state index < -0.39 is 5.97 Å². The highest BCUT2D eigenvalue weighted by Crippen LogP contribution is 2.43. The van der Waals surface area contributed by atoms with Crippen molar-refractivity contribution in [3.05, 3.63) is 64.8 Å². The number of anilines is 4. The van der Waals surface area contributed by atoms with E-state index in [4.69, 9.17) is 9.72 Å². The van der Waals surface area contributed by atoms with Crippen LogP contribution in [0.25, 0.3) is 0 Å². The van der Waals surface area contributed by atoms with Gasteiger partial charge >= 0.3 is 5.97 Å². The average molecular weight is 460 g/mol. The standard InChI is InChI=1S/C26H29N5O3/c1-16-13-27-26(28-21-10-18-14-30(2)9-8-17(18)11-23(21)34-3)29-25(16)31-15-19(12-24(32)33)20-6-4-5-7-22(20)31/h4-7,10-11,13,19H,8-9,12,14-15H2,1-3H3,(H,32,33)(H,27,28,29). The fraction of sp³-hybridized carbons (Fsp3) is 0.346. The first-order valence-corrected chi connectivity index (χ1v) is 11.5. The lowest BCUT2D eigenvalue weighted by atomic mass is 9.98. The van der Waals surface area contributed by atoms with Crippen molar-refractivity contribution in [2.45, 2.75) is 32.2 Å². The van der Waals surface area contributed by atoms with E-state index in [1.165, 1.54) is 11.1 Å². The molecule has 0 radical (unpaired) electrons. The number of likely N-dealkylation sites (N-methyl/N-ethyl adjacent to an activating group) is 1. The van der Waals surface area contributed by atoms with Gasteiger partial charge in [0.05, 0.1) is 19.2 Å². The normalized spacial score (nSPS) is 17.3. The molecule has 0 saturated heterocycles. The fourth-order valence-corrected chi connectivity index (χ4v) is 4.96. The number of hydrogen-bond donors (Lipinski definition) is 2. The zero-order valence-corrected chi connectivity index (χ0v) is 19.7. The first-order chi connectivity index (χ1) is 16.4. The van der Waals surface area contributed by atoms with E-state index in [0.29, 0.717) is 12.5 Å². The van der Waals surface area contributed by atoms with Crippen molar-refractivity contribution in [1.82, 2.24) is 14.9 Å². The Morgan fingerprint density at radius 2 is 2.09 bits per heavy atom. The summed E-state index contributed by atoms with van der Waals surface area (Å²) in [6, 6.07) is 12.2. The van der Waals surface area contributed by atoms with Crippen LogP contribution in [0.4, 0.5) is 23.1 Å². The predicted octanol–water partition coefficient (Wildman–Crippen LogP) is 4.24. The minimum Gasteiger partial charge on any atom is -0.495 e. The molecule has 0 bridgehead atoms. The number of nitrogens with one attached hydrogen (secondary N) is 1. The van der Waals surface area contributed by atoms with Gasteiger partial charge in [0, 0.05) is 43.0 Å². The highest BCUT2D eigenvalue weighted by atomic mass is 16.5. The van der Waals surface area contributed by atoms with Crippen LogP contribution < -0.4 is 15.0 Å². The summed E-state index contributed by atoms with van der Waals surface area (Å²) in [5.74, 6) is 1.13. The number of para-hydroxylation sites is 1. The molecule has 3 aromatic rings. The monoisotopic (exact) mass is 459 g/mol. The molecule has 0 aliphatic carbocycles. The summed E-state index contributed by atoms with van der Waals surface area (Å²) in [4.78, 5) is 25.2. The van der Waals surface area contributed by atoms with Crippen LogP contribution in [0, 0.1) is 6.92 Å². The van der Waals surface area contributed by atoms with Gasteiger partial charge in [-0.15, -0.1) is 0 Å². The molecule has 2 N–H and O–H groups in total. The molecule has 0 amide bonds. The maximum absolute atomic E-state index is 11.4. The van der Waals surface area contributed by atoms with Crippen molar-refractivity contribution < 1.29 is 14.6 Å². The number of hydrogen-bond acceptors (Lipinski definition) is 7. The molecule has 34 heavy (non-hydrogen) atoms. The second-order valence-electron chi connectivity index (χ2n) is 9.10. The lowest BCUT2D eigenvalue weighted by molar-refractivity contribution is -0.137. The lowest BCUT2D eigenvalue weighted by Crippen LogP contribution is -2.26. The third-order valence-electron chi connectivity index (χ3n) is 6.66. The molecule has 2 aromatic carbocycles. The second-order valence-corrected chi connectivity index (χ2v) is 9.10. The van der Waals surface area contributed by atoms with Gasteiger partial charge in [-0.3, -0.25) is 4.79 Å². The number of fused-ring (bicyclic) bond motifs is 2. The number of nitrogens with zero attached hydrogens (tertiary/aromatic N) is 4. The van der Waals surface area contributed by atoms with E-state index >= 15 is 0 Å². The summed E-state index contributed by atoms with van der Waals surface area (Å²) in [6.07, 6.45) is 2.89. The van der Waals surface area contributed by atoms with Crippen LogP contribution in [0.5, 0.6) is 5.75 Å². The number of aromatic nitrogens is 2. The molecule has 0 spiro atoms. The molecule has 1 aromatic heterocycles. The molecule has 8 heteroatoms. The van der Waals surface area contributed by atoms with Crippen LogP contribution in [0.1, 0.15) is 34.6 Å². The zero-order chi connectivity index (χ0) is 23.8. The summed E-state index contributed by atoms with van der Waals surface area (Å²) in [7, 11) is 3.80. The van der Waals surface area contributed by atoms with E-state index in [-0.39, 0.29) is 12.3 Å². The van der Waals surface area contributed by atoms with Crippen molar-refractivity contribution in [1.29, 1.82) is 0 Å². The predicted molar refractivity (Wildman–Crippen MR) is 132 cm³/mol. The summed E-state index contributed by atoms with van der Waals surface area (Å²) in [5, 5.41) is 12.8. The first kappa shape index (κ1) is 22.2. The van der Waals surface area contributed by atoms with Crippen LogP contribution >= 0.6 is 0 Å². The Labute approximate surface area is 199 Å². The third-order valence-corrected chi connectivity index (χ3v) is 6.66. The smallest absolute Gasteiger partial charge is 0.304 e. The second kappa shape index (κ2) is 8.95. The Balaban J connectivity index is 1.48. The van der Waals surface area contributed by atoms with E-state index in [9.17, 15) is 9.90 Å². The number of benzene rings is 2. The highest BCUT2D eigenvalue weighted by molar-refractivity contribution is 5.75. The van der Waals surface area contributed by atoms with Crippen LogP contribution in [-0.4, -0.2) is 53.2 Å². The minimum atomic E-state index is -0.798. The van der Waals surface area contributed by atoms with E-state index in [2.05, 4.69) is 39.3 Å². The fourth-order valence-electron chi connectivity index (χ4n) is 4.96. The Morgan fingerprint density at radius 3 is 2.88 bits per heavy atom. The number of rotatable bonds is 6. The van der Waals surface area contributed by atoms with E-state index in [0.717, 1.165) is 53.6 Å². The third kappa shape index (κ3) is 4.17. The van der Waals surface area contributed by atoms with E-state index in [1.807, 2.05) is 31.2 Å². The summed E-state index contributed by atoms with van der Waals surface area (Å²) in [5.41, 5.74) is 6.37. The summed E-state index contributed by atoms with van der Waals surface area (Å²) in [6.45, 7) is 4.47. The van der Waals surface area contributed by atoms with Gasteiger partial charge in [0.1, 0.15) is 11.6 Å². The van der Waals surface area contributed by atoms with Gasteiger partial charge in [0.15, 0.2) is 0 Å². The van der Waals surface area contributed by atoms with Gasteiger partial charge in [-0.05, 0) is 55.3 Å². The topological polar surface area (TPSA) is 90.8 Å². The van der Waals surface area contributed by atoms with Crippen LogP contribution in [0.2, 0.25) is 0 Å². The van der Waals surface area contributed by atoms with Crippen molar-refractivity contribution in [3.63, 3.8) is 0 Å². The Morgan fingerprint density at radius 1 is 1.26 bits per heavy atom. The van der Waals surface area contributed by atoms with Crippen molar-refractivity contribution >= 4 is 29.1 Å². The van der Waals surface area contributed by atoms with Gasteiger partial charge < -0.3 is 25.0 Å². The van der Waals surface area contributed by atoms with Crippen molar-refractivity contribution in [2.24, 2.45) is 0 Å².